The van der Waals surface area contributed by atoms with Crippen molar-refractivity contribution in [3.63, 3.8) is 0 Å². The number of likely N-dealkylation sites (tertiary alicyclic amines) is 1. The second kappa shape index (κ2) is 6.60. The van der Waals surface area contributed by atoms with Crippen LogP contribution in [0.4, 0.5) is 0 Å². The molecule has 0 aliphatic carbocycles. The van der Waals surface area contributed by atoms with Gasteiger partial charge < -0.3 is 4.90 Å². The summed E-state index contributed by atoms with van der Waals surface area (Å²) < 4.78 is 26.0. The molecule has 4 rings (SSSR count). The van der Waals surface area contributed by atoms with E-state index >= 15 is 0 Å². The molecule has 0 radical (unpaired) electrons. The third-order valence-electron chi connectivity index (χ3n) is 6.05. The van der Waals surface area contributed by atoms with Gasteiger partial charge in [0.25, 0.3) is 0 Å². The van der Waals surface area contributed by atoms with Crippen molar-refractivity contribution in [1.29, 1.82) is 0 Å². The number of sulfonamides is 1. The normalized spacial score (nSPS) is 26.0. The van der Waals surface area contributed by atoms with Gasteiger partial charge in [0.1, 0.15) is 6.04 Å². The van der Waals surface area contributed by atoms with Crippen LogP contribution in [0.5, 0.6) is 0 Å². The summed E-state index contributed by atoms with van der Waals surface area (Å²) in [4.78, 5) is 14.6. The Balaban J connectivity index is 1.57. The zero-order valence-corrected chi connectivity index (χ0v) is 15.9. The van der Waals surface area contributed by atoms with Gasteiger partial charge in [-0.1, -0.05) is 24.3 Å². The summed E-state index contributed by atoms with van der Waals surface area (Å²) in [5, 5.41) is 0. The lowest BCUT2D eigenvalue weighted by Crippen LogP contribution is -2.56. The Hall–Kier alpha value is -1.48. The monoisotopic (exact) mass is 378 g/mol. The second-order valence-corrected chi connectivity index (χ2v) is 9.69. The number of hydrogen-bond donors (Lipinski definition) is 2. The van der Waals surface area contributed by atoms with Gasteiger partial charge in [-0.25, -0.2) is 13.8 Å². The van der Waals surface area contributed by atoms with Gasteiger partial charge in [-0.3, -0.25) is 10.2 Å². The summed E-state index contributed by atoms with van der Waals surface area (Å²) in [5.74, 6) is 0.147. The smallest absolute Gasteiger partial charge is 0.241 e. The van der Waals surface area contributed by atoms with E-state index in [-0.39, 0.29) is 17.4 Å². The van der Waals surface area contributed by atoms with Gasteiger partial charge >= 0.3 is 0 Å². The van der Waals surface area contributed by atoms with Gasteiger partial charge in [0.15, 0.2) is 0 Å². The maximum atomic E-state index is 12.7. The average Bonchev–Trinajstić information content (AvgIpc) is 3.16. The van der Waals surface area contributed by atoms with Crippen LogP contribution < -0.4 is 10.9 Å². The van der Waals surface area contributed by atoms with Crippen LogP contribution in [0.1, 0.15) is 30.4 Å². The van der Waals surface area contributed by atoms with Crippen LogP contribution in [0.25, 0.3) is 0 Å². The molecule has 7 nitrogen and oxygen atoms in total. The number of amides is 1. The summed E-state index contributed by atoms with van der Waals surface area (Å²) in [5.41, 5.74) is 8.20. The minimum Gasteiger partial charge on any atom is -0.341 e. The van der Waals surface area contributed by atoms with Crippen LogP contribution in [-0.2, 0) is 26.8 Å². The number of hydrogen-bond acceptors (Lipinski definition) is 5. The largest absolute Gasteiger partial charge is 0.341 e. The van der Waals surface area contributed by atoms with Crippen molar-refractivity contribution in [3.8, 4) is 0 Å². The van der Waals surface area contributed by atoms with E-state index in [0.717, 1.165) is 31.4 Å². The molecule has 2 N–H and O–H groups in total. The van der Waals surface area contributed by atoms with E-state index in [1.165, 1.54) is 11.8 Å². The van der Waals surface area contributed by atoms with Gasteiger partial charge in [-0.15, -0.1) is 0 Å². The molecule has 1 spiro atoms. The summed E-state index contributed by atoms with van der Waals surface area (Å²) in [6.07, 6.45) is 3.68. The van der Waals surface area contributed by atoms with Crippen LogP contribution >= 0.6 is 0 Å². The van der Waals surface area contributed by atoms with Gasteiger partial charge in [-0.2, -0.15) is 4.31 Å². The highest BCUT2D eigenvalue weighted by molar-refractivity contribution is 7.88. The third-order valence-corrected chi connectivity index (χ3v) is 7.24. The predicted octanol–water partition coefficient (Wildman–Crippen LogP) is 0.189. The lowest BCUT2D eigenvalue weighted by atomic mass is 9.69. The van der Waals surface area contributed by atoms with Crippen LogP contribution in [0, 0.1) is 0 Å². The molecule has 3 aliphatic heterocycles. The summed E-state index contributed by atoms with van der Waals surface area (Å²) in [6.45, 7) is 3.10. The number of carbonyl (C=O) groups is 1. The minimum absolute atomic E-state index is 0.143. The molecule has 2 saturated heterocycles. The molecule has 1 amide bonds. The van der Waals surface area contributed by atoms with Gasteiger partial charge in [0.05, 0.1) is 6.26 Å². The third kappa shape index (κ3) is 3.15. The van der Waals surface area contributed by atoms with E-state index in [2.05, 4.69) is 16.9 Å². The fourth-order valence-corrected chi connectivity index (χ4v) is 5.41. The second-order valence-electron chi connectivity index (χ2n) is 7.71. The first-order valence-corrected chi connectivity index (χ1v) is 11.0. The number of benzene rings is 1. The number of rotatable bonds is 2. The molecular weight excluding hydrogens is 352 g/mol. The molecule has 2 fully saturated rings. The SMILES string of the molecule is CS(=O)(=O)N1Cc2ccccc2C2(CCN(C(=O)C3CCNN3)CC2)C1. The first-order chi connectivity index (χ1) is 12.4. The van der Waals surface area contributed by atoms with E-state index in [9.17, 15) is 13.2 Å². The maximum Gasteiger partial charge on any atom is 0.241 e. The topological polar surface area (TPSA) is 81.8 Å². The lowest BCUT2D eigenvalue weighted by molar-refractivity contribution is -0.135. The molecule has 1 atom stereocenters. The Morgan fingerprint density at radius 2 is 1.96 bits per heavy atom. The van der Waals surface area contributed by atoms with Gasteiger partial charge in [-0.05, 0) is 30.4 Å². The number of nitrogens with one attached hydrogen (secondary N) is 2. The predicted molar refractivity (Wildman–Crippen MR) is 98.7 cm³/mol. The number of nitrogens with zero attached hydrogens (tertiary/aromatic N) is 2. The van der Waals surface area contributed by atoms with Crippen molar-refractivity contribution >= 4 is 15.9 Å². The van der Waals surface area contributed by atoms with Gasteiger partial charge in [0, 0.05) is 38.1 Å². The van der Waals surface area contributed by atoms with Crippen LogP contribution in [0.2, 0.25) is 0 Å². The average molecular weight is 378 g/mol. The Kier molecular flexibility index (Phi) is 4.54. The summed E-state index contributed by atoms with van der Waals surface area (Å²) in [7, 11) is -3.25. The highest BCUT2D eigenvalue weighted by atomic mass is 32.2. The Morgan fingerprint density at radius 3 is 2.62 bits per heavy atom. The van der Waals surface area contributed by atoms with E-state index in [4.69, 9.17) is 0 Å². The van der Waals surface area contributed by atoms with E-state index in [0.29, 0.717) is 26.2 Å². The fourth-order valence-electron chi connectivity index (χ4n) is 4.55. The molecule has 3 aliphatic rings. The first kappa shape index (κ1) is 17.9. The molecule has 8 heteroatoms. The Labute approximate surface area is 154 Å². The van der Waals surface area contributed by atoms with Crippen molar-refractivity contribution in [2.45, 2.75) is 37.3 Å². The van der Waals surface area contributed by atoms with Crippen molar-refractivity contribution in [2.24, 2.45) is 0 Å². The maximum absolute atomic E-state index is 12.7. The van der Waals surface area contributed by atoms with Crippen molar-refractivity contribution in [3.05, 3.63) is 35.4 Å². The summed E-state index contributed by atoms with van der Waals surface area (Å²) >= 11 is 0. The highest BCUT2D eigenvalue weighted by Crippen LogP contribution is 2.42. The molecular formula is C18H26N4O3S. The van der Waals surface area contributed by atoms with E-state index < -0.39 is 10.0 Å². The van der Waals surface area contributed by atoms with Crippen molar-refractivity contribution in [1.82, 2.24) is 20.1 Å². The summed E-state index contributed by atoms with van der Waals surface area (Å²) in [6, 6.07) is 8.02. The minimum atomic E-state index is -3.25. The number of fused-ring (bicyclic) bond motifs is 2. The van der Waals surface area contributed by atoms with Crippen LogP contribution in [-0.4, -0.2) is 62.0 Å². The highest BCUT2D eigenvalue weighted by Gasteiger charge is 2.45. The first-order valence-electron chi connectivity index (χ1n) is 9.20. The Morgan fingerprint density at radius 1 is 1.23 bits per heavy atom. The lowest BCUT2D eigenvalue weighted by Gasteiger charge is -2.48. The molecule has 0 saturated carbocycles. The molecule has 3 heterocycles. The Bertz CT molecular complexity index is 796. The molecule has 0 bridgehead atoms. The fraction of sp³-hybridized carbons (Fsp3) is 0.611. The molecule has 142 valence electrons. The van der Waals surface area contributed by atoms with Crippen molar-refractivity contribution in [2.75, 3.05) is 32.4 Å². The van der Waals surface area contributed by atoms with Crippen molar-refractivity contribution < 1.29 is 13.2 Å². The van der Waals surface area contributed by atoms with Crippen LogP contribution in [0.3, 0.4) is 0 Å². The molecule has 1 aromatic carbocycles. The standard InChI is InChI=1S/C18H26N4O3S/c1-26(24,25)22-12-14-4-2-3-5-15(14)18(13-22)7-10-21(11-8-18)17(23)16-6-9-19-20-16/h2-5,16,19-20H,6-13H2,1H3. The quantitative estimate of drug-likeness (QED) is 0.768. The van der Waals surface area contributed by atoms with Gasteiger partial charge in [0.2, 0.25) is 15.9 Å². The van der Waals surface area contributed by atoms with E-state index in [1.54, 1.807) is 4.31 Å². The molecule has 1 aromatic rings. The number of carbonyl (C=O) groups excluding carboxylic acids is 1. The van der Waals surface area contributed by atoms with Crippen LogP contribution in [0.15, 0.2) is 24.3 Å². The zero-order chi connectivity index (χ0) is 18.4. The molecule has 26 heavy (non-hydrogen) atoms. The molecule has 0 aromatic heterocycles. The number of piperidine rings is 1. The van der Waals surface area contributed by atoms with E-state index in [1.807, 2.05) is 23.1 Å². The molecule has 1 unspecified atom stereocenters. The zero-order valence-electron chi connectivity index (χ0n) is 15.1. The number of hydrazine groups is 1.